The largest absolute Gasteiger partial charge is 0.508 e. The molecular weight excluding hydrogens is 246 g/mol. The lowest BCUT2D eigenvalue weighted by Gasteiger charge is -1.97. The molecule has 1 atom stereocenters. The number of phenols is 1. The maximum Gasteiger partial charge on any atom is 0.286 e. The summed E-state index contributed by atoms with van der Waals surface area (Å²) in [5.74, 6) is 0.168. The second-order valence-corrected chi connectivity index (χ2v) is 4.47. The van der Waals surface area contributed by atoms with Crippen molar-refractivity contribution in [2.75, 3.05) is 0 Å². The Labute approximate surface area is 101 Å². The third-order valence-electron chi connectivity index (χ3n) is 1.80. The van der Waals surface area contributed by atoms with E-state index in [9.17, 15) is 4.79 Å². The first kappa shape index (κ1) is 11.0. The predicted octanol–water partition coefficient (Wildman–Crippen LogP) is 2.59. The van der Waals surface area contributed by atoms with E-state index in [1.54, 1.807) is 12.1 Å². The van der Waals surface area contributed by atoms with Crippen molar-refractivity contribution in [3.63, 3.8) is 0 Å². The first-order valence-electron chi connectivity index (χ1n) is 4.36. The summed E-state index contributed by atoms with van der Waals surface area (Å²) in [6.45, 7) is 0. The van der Waals surface area contributed by atoms with Crippen LogP contribution in [0.25, 0.3) is 0 Å². The fourth-order valence-electron chi connectivity index (χ4n) is 1.06. The highest BCUT2D eigenvalue weighted by Crippen LogP contribution is 2.24. The highest BCUT2D eigenvalue weighted by atomic mass is 32.2. The molecule has 1 unspecified atom stereocenters. The number of nitrogens with one attached hydrogen (secondary N) is 1. The number of amides is 1. The number of benzene rings is 1. The van der Waals surface area contributed by atoms with Gasteiger partial charge in [0, 0.05) is 0 Å². The normalized spacial score (nSPS) is 20.4. The van der Waals surface area contributed by atoms with E-state index in [0.717, 1.165) is 11.8 Å². The molecule has 7 heteroatoms. The van der Waals surface area contributed by atoms with Crippen molar-refractivity contribution in [2.24, 2.45) is 10.2 Å². The average Bonchev–Trinajstić information content (AvgIpc) is 2.57. The van der Waals surface area contributed by atoms with E-state index in [0.29, 0.717) is 10.7 Å². The summed E-state index contributed by atoms with van der Waals surface area (Å²) < 4.78 is 0. The molecule has 1 saturated heterocycles. The van der Waals surface area contributed by atoms with Crippen LogP contribution in [0.5, 0.6) is 5.75 Å². The van der Waals surface area contributed by atoms with E-state index < -0.39 is 5.37 Å². The zero-order valence-corrected chi connectivity index (χ0v) is 9.59. The molecule has 82 valence electrons. The molecule has 1 fully saturated rings. The third-order valence-corrected chi connectivity index (χ3v) is 3.14. The van der Waals surface area contributed by atoms with E-state index in [1.165, 1.54) is 12.1 Å². The number of hydrogen-bond acceptors (Lipinski definition) is 6. The van der Waals surface area contributed by atoms with Crippen LogP contribution in [-0.4, -0.2) is 20.7 Å². The quantitative estimate of drug-likeness (QED) is 0.627. The van der Waals surface area contributed by atoms with Crippen LogP contribution in [0.3, 0.4) is 0 Å². The number of rotatable bonds is 2. The fourth-order valence-corrected chi connectivity index (χ4v) is 2.04. The van der Waals surface area contributed by atoms with Gasteiger partial charge in [0.1, 0.15) is 10.7 Å². The highest BCUT2D eigenvalue weighted by molar-refractivity contribution is 8.16. The Bertz CT molecular complexity index is 458. The Kier molecular flexibility index (Phi) is 3.16. The number of carbonyl (C=O) groups is 1. The van der Waals surface area contributed by atoms with Crippen molar-refractivity contribution in [3.05, 3.63) is 24.3 Å². The molecule has 1 aromatic rings. The third kappa shape index (κ3) is 2.56. The SMILES string of the molecule is O=C1NC(=S)C(N=Nc2ccc(O)cc2)S1. The molecule has 5 nitrogen and oxygen atoms in total. The number of hydrogen-bond donors (Lipinski definition) is 2. The molecule has 0 saturated carbocycles. The lowest BCUT2D eigenvalue weighted by molar-refractivity contribution is 0.265. The number of thiocarbonyl (C=S) groups is 1. The highest BCUT2D eigenvalue weighted by Gasteiger charge is 2.27. The minimum atomic E-state index is -0.448. The van der Waals surface area contributed by atoms with E-state index in [1.807, 2.05) is 0 Å². The number of aromatic hydroxyl groups is 1. The molecule has 16 heavy (non-hydrogen) atoms. The lowest BCUT2D eigenvalue weighted by Crippen LogP contribution is -2.20. The van der Waals surface area contributed by atoms with Gasteiger partial charge in [-0.2, -0.15) is 10.2 Å². The lowest BCUT2D eigenvalue weighted by atomic mass is 10.3. The average molecular weight is 253 g/mol. The topological polar surface area (TPSA) is 74.0 Å². The van der Waals surface area contributed by atoms with E-state index in [-0.39, 0.29) is 11.0 Å². The molecule has 0 spiro atoms. The molecule has 1 amide bonds. The summed E-state index contributed by atoms with van der Waals surface area (Å²) in [4.78, 5) is 11.3. The van der Waals surface area contributed by atoms with Gasteiger partial charge in [-0.1, -0.05) is 12.2 Å². The van der Waals surface area contributed by atoms with Crippen molar-refractivity contribution in [1.82, 2.24) is 5.32 Å². The van der Waals surface area contributed by atoms with E-state index in [2.05, 4.69) is 15.5 Å². The van der Waals surface area contributed by atoms with Gasteiger partial charge in [0.2, 0.25) is 0 Å². The van der Waals surface area contributed by atoms with Gasteiger partial charge in [0.15, 0.2) is 5.37 Å². The van der Waals surface area contributed by atoms with Crippen LogP contribution in [0, 0.1) is 0 Å². The van der Waals surface area contributed by atoms with Crippen LogP contribution in [0.4, 0.5) is 10.5 Å². The molecule has 0 bridgehead atoms. The standard InChI is InChI=1S/C9H7N3O2S2/c13-6-3-1-5(2-4-6)11-12-8-7(15)10-9(14)16-8/h1-4,8,13H,(H,10,14,15). The minimum Gasteiger partial charge on any atom is -0.508 e. The molecule has 1 aliphatic rings. The summed E-state index contributed by atoms with van der Waals surface area (Å²) >= 11 is 5.90. The Hall–Kier alpha value is -1.47. The monoisotopic (exact) mass is 253 g/mol. The summed E-state index contributed by atoms with van der Waals surface area (Å²) in [6, 6.07) is 6.27. The van der Waals surface area contributed by atoms with E-state index >= 15 is 0 Å². The number of carbonyl (C=O) groups excluding carboxylic acids is 1. The zero-order chi connectivity index (χ0) is 11.5. The Morgan fingerprint density at radius 2 is 2.06 bits per heavy atom. The zero-order valence-electron chi connectivity index (χ0n) is 7.95. The number of nitrogens with zero attached hydrogens (tertiary/aromatic N) is 2. The number of phenolic OH excluding ortho intramolecular Hbond substituents is 1. The first-order valence-corrected chi connectivity index (χ1v) is 5.65. The minimum absolute atomic E-state index is 0.168. The molecule has 2 rings (SSSR count). The first-order chi connectivity index (χ1) is 7.65. The van der Waals surface area contributed by atoms with Gasteiger partial charge in [-0.05, 0) is 36.0 Å². The van der Waals surface area contributed by atoms with Crippen LogP contribution in [0.15, 0.2) is 34.5 Å². The van der Waals surface area contributed by atoms with Gasteiger partial charge < -0.3 is 10.4 Å². The van der Waals surface area contributed by atoms with Crippen LogP contribution >= 0.6 is 24.0 Å². The maximum absolute atomic E-state index is 10.9. The molecule has 0 aliphatic carbocycles. The molecule has 1 heterocycles. The molecule has 1 aromatic carbocycles. The van der Waals surface area contributed by atoms with Crippen molar-refractivity contribution in [2.45, 2.75) is 5.37 Å². The Morgan fingerprint density at radius 3 is 2.62 bits per heavy atom. The number of thioether (sulfide) groups is 1. The van der Waals surface area contributed by atoms with Crippen molar-refractivity contribution in [1.29, 1.82) is 0 Å². The molecule has 0 aromatic heterocycles. The summed E-state index contributed by atoms with van der Waals surface area (Å²) in [6.07, 6.45) is 0. The summed E-state index contributed by atoms with van der Waals surface area (Å²) in [5, 5.41) is 18.7. The molecule has 0 radical (unpaired) electrons. The second-order valence-electron chi connectivity index (χ2n) is 2.98. The molecular formula is C9H7N3O2S2. The fraction of sp³-hybridized carbons (Fsp3) is 0.111. The summed E-state index contributed by atoms with van der Waals surface area (Å²) in [5.41, 5.74) is 0.598. The van der Waals surface area contributed by atoms with Crippen LogP contribution in [0.2, 0.25) is 0 Å². The van der Waals surface area contributed by atoms with Gasteiger partial charge in [-0.25, -0.2) is 0 Å². The van der Waals surface area contributed by atoms with Crippen molar-refractivity contribution >= 4 is 39.9 Å². The van der Waals surface area contributed by atoms with E-state index in [4.69, 9.17) is 17.3 Å². The summed E-state index contributed by atoms with van der Waals surface area (Å²) in [7, 11) is 0. The Balaban J connectivity index is 2.07. The predicted molar refractivity (Wildman–Crippen MR) is 65.1 cm³/mol. The number of azo groups is 1. The van der Waals surface area contributed by atoms with Gasteiger partial charge >= 0.3 is 0 Å². The van der Waals surface area contributed by atoms with Crippen LogP contribution < -0.4 is 5.32 Å². The van der Waals surface area contributed by atoms with Crippen molar-refractivity contribution < 1.29 is 9.90 Å². The van der Waals surface area contributed by atoms with Crippen LogP contribution in [-0.2, 0) is 0 Å². The molecule has 2 N–H and O–H groups in total. The molecule has 1 aliphatic heterocycles. The van der Waals surface area contributed by atoms with Crippen LogP contribution in [0.1, 0.15) is 0 Å². The smallest absolute Gasteiger partial charge is 0.286 e. The second kappa shape index (κ2) is 4.58. The van der Waals surface area contributed by atoms with Gasteiger partial charge in [0.05, 0.1) is 5.69 Å². The van der Waals surface area contributed by atoms with Gasteiger partial charge in [-0.3, -0.25) is 4.79 Å². The van der Waals surface area contributed by atoms with Gasteiger partial charge in [-0.15, -0.1) is 0 Å². The van der Waals surface area contributed by atoms with Gasteiger partial charge in [0.25, 0.3) is 5.24 Å². The van der Waals surface area contributed by atoms with Crippen molar-refractivity contribution in [3.8, 4) is 5.75 Å². The Morgan fingerprint density at radius 1 is 1.38 bits per heavy atom. The maximum atomic E-state index is 10.9.